The zero-order valence-electron chi connectivity index (χ0n) is 55.4. The maximum absolute atomic E-state index is 14.9. The molecule has 4 rings (SSSR count). The van der Waals surface area contributed by atoms with Gasteiger partial charge in [0, 0.05) is 88.5 Å². The van der Waals surface area contributed by atoms with E-state index in [-0.39, 0.29) is 150 Å². The molecule has 1 aromatic carbocycles. The van der Waals surface area contributed by atoms with Gasteiger partial charge in [0.1, 0.15) is 22.8 Å². The molecule has 0 spiro atoms. The Morgan fingerprint density at radius 1 is 0.891 bits per heavy atom. The number of likely N-dealkylation sites (N-methyl/N-ethyl adjacent to an activating group) is 1. The van der Waals surface area contributed by atoms with Crippen molar-refractivity contribution in [2.75, 3.05) is 78.2 Å². The summed E-state index contributed by atoms with van der Waals surface area (Å²) in [6.45, 7) is 14.7. The maximum Gasteiger partial charge on any atom is 0.407 e. The number of piperidine rings is 1. The molecule has 0 aliphatic carbocycles. The number of aliphatic hydroxyl groups is 1. The number of nitrogens with zero attached hydrogens (tertiary/aromatic N) is 4. The second kappa shape index (κ2) is 40.4. The van der Waals surface area contributed by atoms with Crippen molar-refractivity contribution in [3.05, 3.63) is 45.4 Å². The highest BCUT2D eigenvalue weighted by Crippen LogP contribution is 2.33. The first-order valence-electron chi connectivity index (χ1n) is 32.3. The number of imide groups is 1. The molecule has 0 radical (unpaired) electrons. The van der Waals surface area contributed by atoms with E-state index < -0.39 is 71.2 Å². The summed E-state index contributed by atoms with van der Waals surface area (Å²) >= 11 is 2.36. The van der Waals surface area contributed by atoms with E-state index in [1.54, 1.807) is 30.2 Å². The molecule has 2 fully saturated rings. The van der Waals surface area contributed by atoms with Crippen molar-refractivity contribution in [1.82, 2.24) is 51.6 Å². The van der Waals surface area contributed by atoms with Gasteiger partial charge in [-0.3, -0.25) is 57.7 Å². The third-order valence-electron chi connectivity index (χ3n) is 16.7. The number of ether oxygens (including phenoxy) is 2. The average molecular weight is 1330 g/mol. The van der Waals surface area contributed by atoms with Crippen molar-refractivity contribution in [2.24, 2.45) is 17.8 Å². The fraction of sp³-hybridized carbons (Fsp3) is 0.688. The Morgan fingerprint density at radius 2 is 1.63 bits per heavy atom. The fourth-order valence-electron chi connectivity index (χ4n) is 11.0. The Labute approximate surface area is 549 Å². The van der Waals surface area contributed by atoms with Gasteiger partial charge < -0.3 is 61.8 Å². The summed E-state index contributed by atoms with van der Waals surface area (Å²) in [4.78, 5) is 155. The van der Waals surface area contributed by atoms with E-state index in [1.165, 1.54) is 31.1 Å². The number of carboxylic acid groups (broad SMARTS) is 1. The Balaban J connectivity index is 1.43. The monoisotopic (exact) mass is 1330 g/mol. The van der Waals surface area contributed by atoms with E-state index in [0.29, 0.717) is 61.5 Å². The molecule has 92 heavy (non-hydrogen) atoms. The lowest BCUT2D eigenvalue weighted by Crippen LogP contribution is -2.58. The molecule has 514 valence electrons. The number of aliphatic carboxylic acids is 1. The quantitative estimate of drug-likeness (QED) is 0.0317. The first-order chi connectivity index (χ1) is 43.8. The topological polar surface area (TPSA) is 354 Å². The molecule has 2 aliphatic rings. The Hall–Kier alpha value is -6.75. The number of thiazole rings is 1. The number of amides is 10. The third kappa shape index (κ3) is 25.3. The number of anilines is 1. The summed E-state index contributed by atoms with van der Waals surface area (Å²) in [6, 6.07) is 1.97. The Morgan fingerprint density at radius 3 is 2.28 bits per heavy atom. The number of rotatable bonds is 41. The number of aliphatic hydroxyl groups excluding tert-OH is 1. The van der Waals surface area contributed by atoms with Crippen LogP contribution in [-0.4, -0.2) is 203 Å². The molecule has 2 saturated heterocycles. The summed E-state index contributed by atoms with van der Waals surface area (Å²) in [5, 5.41) is 40.0. The smallest absolute Gasteiger partial charge is 0.407 e. The van der Waals surface area contributed by atoms with E-state index in [2.05, 4.69) is 42.2 Å². The predicted molar refractivity (Wildman–Crippen MR) is 350 cm³/mol. The highest BCUT2D eigenvalue weighted by molar-refractivity contribution is 8.00. The molecule has 26 nitrogen and oxygen atoms in total. The van der Waals surface area contributed by atoms with E-state index in [1.807, 2.05) is 52.6 Å². The highest BCUT2D eigenvalue weighted by atomic mass is 32.2. The summed E-state index contributed by atoms with van der Waals surface area (Å²) in [5.74, 6) is -5.69. The zero-order chi connectivity index (χ0) is 68.0. The summed E-state index contributed by atoms with van der Waals surface area (Å²) in [6.07, 6.45) is 5.41. The van der Waals surface area contributed by atoms with Crippen molar-refractivity contribution in [3.63, 3.8) is 0 Å². The number of thioether (sulfide) groups is 1. The number of hydrogen-bond donors (Lipinski definition) is 9. The molecular weight excluding hydrogens is 1230 g/mol. The standard InChI is InChI=1S/C64H101N11O15S2/c1-11-27-74(62(85)56(40(5)12-2)72-59(83)48-19-14-16-28-73(48)9)49(39(3)4)36-50(90-64(88)65-8)60-71-47(38-92-60)58(82)68-44(33-42(7)63(86)87)34-43-22-21-41(6)46(35-43)70-53(78)20-17-26-67-57(81)45(18-13-15-25-66-52(77)24-31-89-32-30-76)69-54(79)23-29-75-55(80)37-51(91-10)61(75)84/h21-22,35,38-40,42,44-45,48-51,56,76H,11-20,23-34,36-37H2,1-10H3,(H,65,88)(H,66,77)(H,67,81)(H,68,82)(H,69,79)(H,70,78)(H,72,83)(H,86,87)/t40?,42?,44-,45?,48?,49-,50-,51?,56+/m1/s1. The van der Waals surface area contributed by atoms with Crippen LogP contribution in [0.3, 0.4) is 0 Å². The number of nitrogens with one attached hydrogen (secondary N) is 7. The molecule has 9 atom stereocenters. The van der Waals surface area contributed by atoms with Crippen molar-refractivity contribution in [1.29, 1.82) is 0 Å². The van der Waals surface area contributed by atoms with Crippen LogP contribution in [-0.2, 0) is 59.0 Å². The minimum absolute atomic E-state index is 0.00196. The van der Waals surface area contributed by atoms with Gasteiger partial charge in [0.05, 0.1) is 37.0 Å². The molecule has 2 aromatic rings. The normalized spacial score (nSPS) is 17.3. The number of carboxylic acids is 1. The van der Waals surface area contributed by atoms with Gasteiger partial charge in [-0.25, -0.2) is 9.78 Å². The van der Waals surface area contributed by atoms with Gasteiger partial charge in [-0.1, -0.05) is 66.5 Å². The number of hydrogen-bond acceptors (Lipinski definition) is 18. The van der Waals surface area contributed by atoms with Gasteiger partial charge >= 0.3 is 12.1 Å². The van der Waals surface area contributed by atoms with E-state index in [0.717, 1.165) is 41.2 Å². The minimum Gasteiger partial charge on any atom is -0.481 e. The number of unbranched alkanes of at least 4 members (excludes halogenated alkanes) is 1. The van der Waals surface area contributed by atoms with Gasteiger partial charge in [0.2, 0.25) is 47.3 Å². The Kier molecular flexibility index (Phi) is 34.1. The van der Waals surface area contributed by atoms with Crippen LogP contribution >= 0.6 is 23.1 Å². The number of aryl methyl sites for hydroxylation is 1. The molecule has 1 aromatic heterocycles. The molecular formula is C64H101N11O15S2. The number of aromatic nitrogens is 1. The molecule has 0 bridgehead atoms. The van der Waals surface area contributed by atoms with Crippen LogP contribution < -0.4 is 37.2 Å². The SMILES string of the molecule is CCCN(C(=O)[C@@H](NC(=O)C1CCCCN1C)C(C)CC)[C@H](C[C@@H](OC(=O)NC)c1nc(C(=O)N[C@@H](Cc2ccc(C)c(NC(=O)CCCNC(=O)C(CCCCNC(=O)CCOCCO)NC(=O)CCN3C(=O)CC(SC)C3=O)c2)CC(C)C(=O)O)cs1)C(C)C. The second-order valence-corrected chi connectivity index (χ2v) is 26.1. The molecule has 28 heteroatoms. The van der Waals surface area contributed by atoms with Crippen molar-refractivity contribution in [3.8, 4) is 0 Å². The first-order valence-corrected chi connectivity index (χ1v) is 34.5. The maximum atomic E-state index is 14.9. The molecule has 5 unspecified atom stereocenters. The summed E-state index contributed by atoms with van der Waals surface area (Å²) in [5.41, 5.74) is 1.86. The predicted octanol–water partition coefficient (Wildman–Crippen LogP) is 4.85. The van der Waals surface area contributed by atoms with Gasteiger partial charge in [-0.05, 0) is 114 Å². The van der Waals surface area contributed by atoms with Crippen LogP contribution in [0.2, 0.25) is 0 Å². The Bertz CT molecular complexity index is 2790. The largest absolute Gasteiger partial charge is 0.481 e. The van der Waals surface area contributed by atoms with Crippen LogP contribution in [0.1, 0.15) is 171 Å². The number of carbonyl (C=O) groups is 11. The summed E-state index contributed by atoms with van der Waals surface area (Å²) < 4.78 is 11.1. The minimum atomic E-state index is -1.07. The first kappa shape index (κ1) is 77.7. The molecule has 9 N–H and O–H groups in total. The number of alkyl carbamates (subject to hydrolysis) is 1. The number of benzene rings is 1. The fourth-order valence-corrected chi connectivity index (χ4v) is 12.5. The van der Waals surface area contributed by atoms with E-state index in [9.17, 15) is 57.8 Å². The molecule has 0 saturated carbocycles. The van der Waals surface area contributed by atoms with Gasteiger partial charge in [-0.2, -0.15) is 11.8 Å². The molecule has 3 heterocycles. The molecule has 2 aliphatic heterocycles. The van der Waals surface area contributed by atoms with Gasteiger partial charge in [-0.15, -0.1) is 11.3 Å². The van der Waals surface area contributed by atoms with Crippen LogP contribution in [0.15, 0.2) is 23.6 Å². The lowest BCUT2D eigenvalue weighted by Gasteiger charge is -2.40. The van der Waals surface area contributed by atoms with Crippen molar-refractivity contribution in [2.45, 2.75) is 193 Å². The van der Waals surface area contributed by atoms with E-state index >= 15 is 0 Å². The lowest BCUT2D eigenvalue weighted by atomic mass is 9.92. The van der Waals surface area contributed by atoms with Crippen LogP contribution in [0.25, 0.3) is 0 Å². The average Bonchev–Trinajstić information content (AvgIpc) is 1.35. The van der Waals surface area contributed by atoms with Gasteiger partial charge in [0.15, 0.2) is 6.10 Å². The van der Waals surface area contributed by atoms with Crippen molar-refractivity contribution < 1.29 is 72.4 Å². The van der Waals surface area contributed by atoms with Crippen molar-refractivity contribution >= 4 is 94.0 Å². The van der Waals surface area contributed by atoms with Crippen LogP contribution in [0, 0.1) is 24.7 Å². The van der Waals surface area contributed by atoms with Crippen LogP contribution in [0.5, 0.6) is 0 Å². The third-order valence-corrected chi connectivity index (χ3v) is 18.6. The highest BCUT2D eigenvalue weighted by Gasteiger charge is 2.40. The zero-order valence-corrected chi connectivity index (χ0v) is 57.0. The van der Waals surface area contributed by atoms with Crippen LogP contribution in [0.4, 0.5) is 10.5 Å². The second-order valence-electron chi connectivity index (χ2n) is 24.2. The molecule has 10 amide bonds. The van der Waals surface area contributed by atoms with Gasteiger partial charge in [0.25, 0.3) is 5.91 Å². The number of carbonyl (C=O) groups excluding carboxylic acids is 10. The lowest BCUT2D eigenvalue weighted by molar-refractivity contribution is -0.143. The van der Waals surface area contributed by atoms with E-state index in [4.69, 9.17) is 14.6 Å². The number of likely N-dealkylation sites (tertiary alicyclic amines) is 2. The summed E-state index contributed by atoms with van der Waals surface area (Å²) in [7, 11) is 3.35.